The van der Waals surface area contributed by atoms with E-state index in [2.05, 4.69) is 95.1 Å². The van der Waals surface area contributed by atoms with Crippen LogP contribution in [0.4, 0.5) is 0 Å². The van der Waals surface area contributed by atoms with Crippen molar-refractivity contribution in [1.29, 1.82) is 0 Å². The lowest BCUT2D eigenvalue weighted by molar-refractivity contribution is -0.156. The molecule has 3 rings (SSSR count). The predicted octanol–water partition coefficient (Wildman–Crippen LogP) is 7.34. The maximum absolute atomic E-state index is 13.0. The summed E-state index contributed by atoms with van der Waals surface area (Å²) in [6, 6.07) is 26.9. The normalized spacial score (nSPS) is 13.4. The number of methoxy groups -OCH3 is 1. The minimum absolute atomic E-state index is 0.0535. The second-order valence-corrected chi connectivity index (χ2v) is 10.7. The summed E-state index contributed by atoms with van der Waals surface area (Å²) in [5.74, 6) is 0.629. The summed E-state index contributed by atoms with van der Waals surface area (Å²) in [7, 11) is 1.67. The van der Waals surface area contributed by atoms with Crippen molar-refractivity contribution >= 4 is 28.6 Å². The summed E-state index contributed by atoms with van der Waals surface area (Å²) < 4.78 is 12.3. The van der Waals surface area contributed by atoms with Crippen LogP contribution in [-0.4, -0.2) is 23.6 Å². The largest absolute Gasteiger partial charge is 0.497 e. The van der Waals surface area contributed by atoms with E-state index in [0.717, 1.165) is 20.4 Å². The van der Waals surface area contributed by atoms with E-state index in [-0.39, 0.29) is 24.5 Å². The molecule has 0 spiro atoms. The Kier molecular flexibility index (Phi) is 9.14. The summed E-state index contributed by atoms with van der Waals surface area (Å²) in [6.45, 7) is 8.62. The molecule has 3 aromatic carbocycles. The molecule has 4 nitrogen and oxygen atoms in total. The van der Waals surface area contributed by atoms with Crippen LogP contribution in [0.2, 0.25) is 0 Å². The molecule has 0 aromatic heterocycles. The number of nitrogens with zero attached hydrogens (tertiary/aromatic N) is 1. The number of carbonyl (C=O) groups is 1. The predicted molar refractivity (Wildman–Crippen MR) is 146 cm³/mol. The molecule has 0 heterocycles. The maximum Gasteiger partial charge on any atom is 0.308 e. The van der Waals surface area contributed by atoms with Gasteiger partial charge >= 0.3 is 5.97 Å². The second-order valence-electron chi connectivity index (χ2n) is 9.46. The van der Waals surface area contributed by atoms with E-state index in [0.29, 0.717) is 6.54 Å². The number of ether oxygens (including phenoxy) is 2. The lowest BCUT2D eigenvalue weighted by Crippen LogP contribution is -2.34. The number of hydrogen-bond donors (Lipinski definition) is 0. The van der Waals surface area contributed by atoms with Gasteiger partial charge in [0.05, 0.1) is 13.5 Å². The molecule has 0 saturated carbocycles. The number of benzene rings is 3. The standard InChI is InChI=1S/C29H34INO3/c1-21(23-13-17-26(33-5)18-14-23)31(20-22-9-7-6-8-10-22)27(19-28(32)34-29(2,3)4)24-11-15-25(30)16-12-24/h6-18,21,27H,19-20H2,1-5H3/t21-,27+/m0/s1. The van der Waals surface area contributed by atoms with Crippen molar-refractivity contribution in [3.63, 3.8) is 0 Å². The fraction of sp³-hybridized carbons (Fsp3) is 0.345. The molecule has 0 aliphatic rings. The Hall–Kier alpha value is -2.38. The Morgan fingerprint density at radius 3 is 2.06 bits per heavy atom. The zero-order chi connectivity index (χ0) is 24.7. The first kappa shape index (κ1) is 26.2. The van der Waals surface area contributed by atoms with Crippen LogP contribution in [0.3, 0.4) is 0 Å². The van der Waals surface area contributed by atoms with Crippen LogP contribution in [0.25, 0.3) is 0 Å². The van der Waals surface area contributed by atoms with Crippen LogP contribution in [0.5, 0.6) is 5.75 Å². The molecule has 5 heteroatoms. The van der Waals surface area contributed by atoms with E-state index < -0.39 is 5.60 Å². The first-order valence-electron chi connectivity index (χ1n) is 11.6. The first-order chi connectivity index (χ1) is 16.2. The van der Waals surface area contributed by atoms with Gasteiger partial charge in [-0.3, -0.25) is 9.69 Å². The third-order valence-electron chi connectivity index (χ3n) is 5.74. The van der Waals surface area contributed by atoms with E-state index in [1.165, 1.54) is 5.56 Å². The van der Waals surface area contributed by atoms with Gasteiger partial charge in [-0.15, -0.1) is 0 Å². The first-order valence-corrected chi connectivity index (χ1v) is 12.6. The highest BCUT2D eigenvalue weighted by Crippen LogP contribution is 2.36. The van der Waals surface area contributed by atoms with E-state index in [1.807, 2.05) is 39.0 Å². The summed E-state index contributed by atoms with van der Waals surface area (Å²) in [5, 5.41) is 0. The topological polar surface area (TPSA) is 38.8 Å². The van der Waals surface area contributed by atoms with Crippen LogP contribution in [0.1, 0.15) is 62.9 Å². The molecular weight excluding hydrogens is 537 g/mol. The Morgan fingerprint density at radius 1 is 0.912 bits per heavy atom. The lowest BCUT2D eigenvalue weighted by atomic mass is 9.96. The summed E-state index contributed by atoms with van der Waals surface area (Å²) in [5.41, 5.74) is 2.93. The van der Waals surface area contributed by atoms with Crippen molar-refractivity contribution in [2.75, 3.05) is 7.11 Å². The molecule has 0 aliphatic carbocycles. The van der Waals surface area contributed by atoms with E-state index >= 15 is 0 Å². The molecular formula is C29H34INO3. The Bertz CT molecular complexity index is 1040. The number of hydrogen-bond acceptors (Lipinski definition) is 4. The van der Waals surface area contributed by atoms with Gasteiger partial charge in [-0.05, 0) is 91.2 Å². The third kappa shape index (κ3) is 7.57. The van der Waals surface area contributed by atoms with Gasteiger partial charge < -0.3 is 9.47 Å². The van der Waals surface area contributed by atoms with Crippen LogP contribution >= 0.6 is 22.6 Å². The highest BCUT2D eigenvalue weighted by Gasteiger charge is 2.30. The molecule has 0 bridgehead atoms. The van der Waals surface area contributed by atoms with E-state index in [4.69, 9.17) is 9.47 Å². The van der Waals surface area contributed by atoms with Crippen molar-refractivity contribution in [3.05, 3.63) is 99.1 Å². The van der Waals surface area contributed by atoms with Crippen LogP contribution in [0, 0.1) is 3.57 Å². The van der Waals surface area contributed by atoms with Crippen LogP contribution < -0.4 is 4.74 Å². The molecule has 0 unspecified atom stereocenters. The van der Waals surface area contributed by atoms with Gasteiger partial charge in [-0.1, -0.05) is 54.6 Å². The highest BCUT2D eigenvalue weighted by molar-refractivity contribution is 14.1. The smallest absolute Gasteiger partial charge is 0.308 e. The van der Waals surface area contributed by atoms with E-state index in [1.54, 1.807) is 7.11 Å². The number of halogens is 1. The molecule has 0 radical (unpaired) electrons. The summed E-state index contributed by atoms with van der Waals surface area (Å²) in [6.07, 6.45) is 0.269. The van der Waals surface area contributed by atoms with Crippen molar-refractivity contribution in [1.82, 2.24) is 4.90 Å². The molecule has 34 heavy (non-hydrogen) atoms. The molecule has 0 aliphatic heterocycles. The zero-order valence-corrected chi connectivity index (χ0v) is 22.8. The molecule has 2 atom stereocenters. The van der Waals surface area contributed by atoms with Gasteiger partial charge in [0.25, 0.3) is 0 Å². The summed E-state index contributed by atoms with van der Waals surface area (Å²) >= 11 is 2.31. The molecule has 0 saturated heterocycles. The number of carbonyl (C=O) groups excluding carboxylic acids is 1. The van der Waals surface area contributed by atoms with Crippen molar-refractivity contribution < 1.29 is 14.3 Å². The summed E-state index contributed by atoms with van der Waals surface area (Å²) in [4.78, 5) is 15.4. The van der Waals surface area contributed by atoms with Crippen molar-refractivity contribution in [2.24, 2.45) is 0 Å². The monoisotopic (exact) mass is 571 g/mol. The molecule has 0 fully saturated rings. The van der Waals surface area contributed by atoms with Gasteiger partial charge in [0.2, 0.25) is 0 Å². The highest BCUT2D eigenvalue weighted by atomic mass is 127. The van der Waals surface area contributed by atoms with Crippen LogP contribution in [0.15, 0.2) is 78.9 Å². The average Bonchev–Trinajstić information content (AvgIpc) is 2.81. The van der Waals surface area contributed by atoms with E-state index in [9.17, 15) is 4.79 Å². The fourth-order valence-corrected chi connectivity index (χ4v) is 4.40. The van der Waals surface area contributed by atoms with Crippen molar-refractivity contribution in [3.8, 4) is 5.75 Å². The minimum Gasteiger partial charge on any atom is -0.497 e. The zero-order valence-electron chi connectivity index (χ0n) is 20.6. The Balaban J connectivity index is 2.03. The molecule has 3 aromatic rings. The Labute approximate surface area is 217 Å². The average molecular weight is 571 g/mol. The SMILES string of the molecule is COc1ccc([C@H](C)N(Cc2ccccc2)[C@H](CC(=O)OC(C)(C)C)c2ccc(I)cc2)cc1. The minimum atomic E-state index is -0.528. The molecule has 0 amide bonds. The maximum atomic E-state index is 13.0. The van der Waals surface area contributed by atoms with Gasteiger partial charge in [-0.25, -0.2) is 0 Å². The quantitative estimate of drug-likeness (QED) is 0.199. The number of esters is 1. The Morgan fingerprint density at radius 2 is 1.50 bits per heavy atom. The third-order valence-corrected chi connectivity index (χ3v) is 6.46. The van der Waals surface area contributed by atoms with Crippen molar-refractivity contribution in [2.45, 2.75) is 58.3 Å². The van der Waals surface area contributed by atoms with Gasteiger partial charge in [-0.2, -0.15) is 0 Å². The molecule has 180 valence electrons. The van der Waals surface area contributed by atoms with Crippen LogP contribution in [-0.2, 0) is 16.1 Å². The van der Waals surface area contributed by atoms with Gasteiger partial charge in [0.1, 0.15) is 11.4 Å². The van der Waals surface area contributed by atoms with Gasteiger partial charge in [0.15, 0.2) is 0 Å². The lowest BCUT2D eigenvalue weighted by Gasteiger charge is -2.37. The number of rotatable bonds is 9. The fourth-order valence-electron chi connectivity index (χ4n) is 4.04. The van der Waals surface area contributed by atoms with Gasteiger partial charge in [0, 0.05) is 22.2 Å². The second kappa shape index (κ2) is 11.8. The molecule has 0 N–H and O–H groups in total.